The third-order valence-corrected chi connectivity index (χ3v) is 7.01. The molecule has 0 aliphatic carbocycles. The minimum atomic E-state index is -3.99. The van der Waals surface area contributed by atoms with E-state index in [0.717, 1.165) is 15.4 Å². The van der Waals surface area contributed by atoms with E-state index in [2.05, 4.69) is 5.32 Å². The normalized spacial score (nSPS) is 12.1. The SMILES string of the molecule is COc1ccc(C(C)NC(=O)CN(c2cccc(Cl)c2)S(=O)(=O)c2ccc(C)cc2)cc1. The van der Waals surface area contributed by atoms with Crippen molar-refractivity contribution in [1.82, 2.24) is 5.32 Å². The molecule has 3 aromatic rings. The molecule has 0 aliphatic rings. The van der Waals surface area contributed by atoms with Crippen LogP contribution in [0.5, 0.6) is 5.75 Å². The van der Waals surface area contributed by atoms with E-state index in [4.69, 9.17) is 16.3 Å². The number of rotatable bonds is 8. The topological polar surface area (TPSA) is 75.7 Å². The third-order valence-electron chi connectivity index (χ3n) is 4.99. The molecule has 0 heterocycles. The van der Waals surface area contributed by atoms with Crippen molar-refractivity contribution < 1.29 is 17.9 Å². The fourth-order valence-electron chi connectivity index (χ4n) is 3.18. The number of benzene rings is 3. The van der Waals surface area contributed by atoms with Gasteiger partial charge in [-0.3, -0.25) is 9.10 Å². The van der Waals surface area contributed by atoms with Gasteiger partial charge < -0.3 is 10.1 Å². The van der Waals surface area contributed by atoms with Crippen LogP contribution in [-0.2, 0) is 14.8 Å². The number of carbonyl (C=O) groups excluding carboxylic acids is 1. The molecule has 32 heavy (non-hydrogen) atoms. The van der Waals surface area contributed by atoms with Crippen LogP contribution in [0.15, 0.2) is 77.7 Å². The predicted octanol–water partition coefficient (Wildman–Crippen LogP) is 4.73. The molecule has 6 nitrogen and oxygen atoms in total. The predicted molar refractivity (Wildman–Crippen MR) is 127 cm³/mol. The molecule has 168 valence electrons. The number of amides is 1. The van der Waals surface area contributed by atoms with Crippen molar-refractivity contribution in [3.05, 3.63) is 88.9 Å². The van der Waals surface area contributed by atoms with E-state index >= 15 is 0 Å². The Bertz CT molecular complexity index is 1180. The highest BCUT2D eigenvalue weighted by Crippen LogP contribution is 2.26. The highest BCUT2D eigenvalue weighted by atomic mass is 35.5. The first kappa shape index (κ1) is 23.6. The number of methoxy groups -OCH3 is 1. The first-order valence-electron chi connectivity index (χ1n) is 9.99. The molecule has 0 aliphatic heterocycles. The molecule has 0 radical (unpaired) electrons. The molecule has 0 spiro atoms. The Morgan fingerprint density at radius 2 is 1.72 bits per heavy atom. The summed E-state index contributed by atoms with van der Waals surface area (Å²) in [4.78, 5) is 13.0. The number of nitrogens with zero attached hydrogens (tertiary/aromatic N) is 1. The van der Waals surface area contributed by atoms with E-state index in [1.54, 1.807) is 49.6 Å². The lowest BCUT2D eigenvalue weighted by Gasteiger charge is -2.25. The van der Waals surface area contributed by atoms with Crippen LogP contribution < -0.4 is 14.4 Å². The monoisotopic (exact) mass is 472 g/mol. The van der Waals surface area contributed by atoms with Crippen LogP contribution in [0.25, 0.3) is 0 Å². The minimum Gasteiger partial charge on any atom is -0.497 e. The lowest BCUT2D eigenvalue weighted by Crippen LogP contribution is -2.41. The number of hydrogen-bond acceptors (Lipinski definition) is 4. The molecule has 3 aromatic carbocycles. The van der Waals surface area contributed by atoms with Gasteiger partial charge in [0.1, 0.15) is 12.3 Å². The number of carbonyl (C=O) groups is 1. The first-order valence-corrected chi connectivity index (χ1v) is 11.8. The number of aryl methyl sites for hydroxylation is 1. The van der Waals surface area contributed by atoms with Gasteiger partial charge in [0, 0.05) is 5.02 Å². The van der Waals surface area contributed by atoms with E-state index in [-0.39, 0.29) is 10.9 Å². The number of hydrogen-bond donors (Lipinski definition) is 1. The molecule has 0 bridgehead atoms. The second-order valence-corrected chi connectivity index (χ2v) is 9.67. The van der Waals surface area contributed by atoms with Crippen LogP contribution in [0.4, 0.5) is 5.69 Å². The summed E-state index contributed by atoms with van der Waals surface area (Å²) in [6, 6.07) is 19.9. The van der Waals surface area contributed by atoms with Crippen molar-refractivity contribution in [3.63, 3.8) is 0 Å². The molecule has 1 N–H and O–H groups in total. The number of sulfonamides is 1. The molecular formula is C24H25ClN2O4S. The quantitative estimate of drug-likeness (QED) is 0.514. The molecule has 0 saturated carbocycles. The first-order chi connectivity index (χ1) is 15.2. The Morgan fingerprint density at radius 3 is 2.31 bits per heavy atom. The number of anilines is 1. The maximum atomic E-state index is 13.4. The van der Waals surface area contributed by atoms with Gasteiger partial charge in [-0.2, -0.15) is 0 Å². The summed E-state index contributed by atoms with van der Waals surface area (Å²) in [5.74, 6) is 0.271. The standard InChI is InChI=1S/C24H25ClN2O4S/c1-17-7-13-23(14-8-17)32(29,30)27(21-6-4-5-20(25)15-21)16-24(28)26-18(2)19-9-11-22(31-3)12-10-19/h4-15,18H,16H2,1-3H3,(H,26,28). The van der Waals surface area contributed by atoms with E-state index in [1.165, 1.54) is 18.2 Å². The second kappa shape index (κ2) is 10.1. The van der Waals surface area contributed by atoms with Crippen molar-refractivity contribution in [2.75, 3.05) is 18.0 Å². The van der Waals surface area contributed by atoms with Crippen LogP contribution in [-0.4, -0.2) is 28.0 Å². The van der Waals surface area contributed by atoms with Crippen LogP contribution in [0.3, 0.4) is 0 Å². The van der Waals surface area contributed by atoms with Crippen molar-refractivity contribution in [2.45, 2.75) is 24.8 Å². The van der Waals surface area contributed by atoms with Gasteiger partial charge in [0.05, 0.1) is 23.7 Å². The zero-order valence-electron chi connectivity index (χ0n) is 18.1. The molecule has 0 fully saturated rings. The van der Waals surface area contributed by atoms with Crippen molar-refractivity contribution in [3.8, 4) is 5.75 Å². The van der Waals surface area contributed by atoms with Gasteiger partial charge in [0.2, 0.25) is 5.91 Å². The van der Waals surface area contributed by atoms with E-state index in [9.17, 15) is 13.2 Å². The smallest absolute Gasteiger partial charge is 0.264 e. The molecule has 1 amide bonds. The Labute approximate surface area is 193 Å². The third kappa shape index (κ3) is 5.60. The van der Waals surface area contributed by atoms with Crippen molar-refractivity contribution in [2.24, 2.45) is 0 Å². The van der Waals surface area contributed by atoms with Gasteiger partial charge in [-0.25, -0.2) is 8.42 Å². The molecule has 0 aromatic heterocycles. The molecule has 0 saturated heterocycles. The van der Waals surface area contributed by atoms with Crippen LogP contribution in [0.2, 0.25) is 5.02 Å². The average molecular weight is 473 g/mol. The number of ether oxygens (including phenoxy) is 1. The van der Waals surface area contributed by atoms with Gasteiger partial charge in [-0.1, -0.05) is 47.5 Å². The molecular weight excluding hydrogens is 448 g/mol. The van der Waals surface area contributed by atoms with Gasteiger partial charge in [-0.05, 0) is 61.9 Å². The summed E-state index contributed by atoms with van der Waals surface area (Å²) in [6.07, 6.45) is 0. The van der Waals surface area contributed by atoms with E-state index < -0.39 is 22.5 Å². The highest BCUT2D eigenvalue weighted by molar-refractivity contribution is 7.92. The Morgan fingerprint density at radius 1 is 1.06 bits per heavy atom. The number of nitrogens with one attached hydrogen (secondary N) is 1. The number of halogens is 1. The van der Waals surface area contributed by atoms with Gasteiger partial charge >= 0.3 is 0 Å². The van der Waals surface area contributed by atoms with Gasteiger partial charge in [0.15, 0.2) is 0 Å². The van der Waals surface area contributed by atoms with Crippen molar-refractivity contribution in [1.29, 1.82) is 0 Å². The van der Waals surface area contributed by atoms with Crippen LogP contribution in [0.1, 0.15) is 24.1 Å². The summed E-state index contributed by atoms with van der Waals surface area (Å²) in [7, 11) is -2.41. The Balaban J connectivity index is 1.86. The highest BCUT2D eigenvalue weighted by Gasteiger charge is 2.28. The zero-order valence-corrected chi connectivity index (χ0v) is 19.7. The van der Waals surface area contributed by atoms with Gasteiger partial charge in [-0.15, -0.1) is 0 Å². The largest absolute Gasteiger partial charge is 0.497 e. The van der Waals surface area contributed by atoms with E-state index in [1.807, 2.05) is 26.0 Å². The lowest BCUT2D eigenvalue weighted by atomic mass is 10.1. The fraction of sp³-hybridized carbons (Fsp3) is 0.208. The van der Waals surface area contributed by atoms with Crippen LogP contribution in [0, 0.1) is 6.92 Å². The van der Waals surface area contributed by atoms with Gasteiger partial charge in [0.25, 0.3) is 10.0 Å². The average Bonchev–Trinajstić information content (AvgIpc) is 2.77. The zero-order chi connectivity index (χ0) is 23.3. The molecule has 1 unspecified atom stereocenters. The Hall–Kier alpha value is -3.03. The molecule has 3 rings (SSSR count). The Kier molecular flexibility index (Phi) is 7.43. The van der Waals surface area contributed by atoms with Crippen molar-refractivity contribution >= 4 is 33.2 Å². The summed E-state index contributed by atoms with van der Waals surface area (Å²) in [6.45, 7) is 3.31. The van der Waals surface area contributed by atoms with Crippen LogP contribution >= 0.6 is 11.6 Å². The summed E-state index contributed by atoms with van der Waals surface area (Å²) in [5.41, 5.74) is 2.12. The summed E-state index contributed by atoms with van der Waals surface area (Å²) in [5, 5.41) is 3.24. The fourth-order valence-corrected chi connectivity index (χ4v) is 4.77. The maximum Gasteiger partial charge on any atom is 0.264 e. The lowest BCUT2D eigenvalue weighted by molar-refractivity contribution is -0.120. The second-order valence-electron chi connectivity index (χ2n) is 7.37. The van der Waals surface area contributed by atoms with E-state index in [0.29, 0.717) is 16.5 Å². The maximum absolute atomic E-state index is 13.4. The summed E-state index contributed by atoms with van der Waals surface area (Å²) < 4.78 is 33.0. The molecule has 8 heteroatoms. The summed E-state index contributed by atoms with van der Waals surface area (Å²) >= 11 is 6.10. The minimum absolute atomic E-state index is 0.0964. The molecule has 1 atom stereocenters.